The summed E-state index contributed by atoms with van der Waals surface area (Å²) in [6, 6.07) is 0.490. The molecule has 0 atom stereocenters. The molecular weight excluding hydrogens is 166 g/mol. The maximum Gasteiger partial charge on any atom is 0.0147 e. The van der Waals surface area contributed by atoms with Crippen molar-refractivity contribution in [1.29, 1.82) is 0 Å². The van der Waals surface area contributed by atoms with Gasteiger partial charge in [0.05, 0.1) is 0 Å². The van der Waals surface area contributed by atoms with Crippen LogP contribution < -0.4 is 5.73 Å². The highest BCUT2D eigenvalue weighted by Gasteiger charge is 2.14. The summed E-state index contributed by atoms with van der Waals surface area (Å²) in [6.45, 7) is 0. The molecule has 0 aromatic rings. The fourth-order valence-corrected chi connectivity index (χ4v) is 1.61. The first kappa shape index (κ1) is 6.56. The maximum absolute atomic E-state index is 5.68. The number of hydrogen-bond donors (Lipinski definition) is 1. The predicted molar refractivity (Wildman–Crippen MR) is 39.2 cm³/mol. The number of nitrogens with two attached hydrogens (primary N) is 1. The minimum atomic E-state index is 0.490. The molecule has 1 saturated carbocycles. The molecule has 0 aliphatic heterocycles. The highest BCUT2D eigenvalue weighted by atomic mass is 79.9. The number of alkyl halides is 1. The van der Waals surface area contributed by atoms with Gasteiger partial charge in [-0.05, 0) is 25.7 Å². The third kappa shape index (κ3) is 1.75. The van der Waals surface area contributed by atoms with E-state index >= 15 is 0 Å². The second kappa shape index (κ2) is 2.83. The molecule has 0 radical (unpaired) electrons. The van der Waals surface area contributed by atoms with Crippen LogP contribution in [0.2, 0.25) is 0 Å². The van der Waals surface area contributed by atoms with Crippen LogP contribution >= 0.6 is 15.9 Å². The second-order valence-electron chi connectivity index (χ2n) is 2.51. The van der Waals surface area contributed by atoms with Crippen LogP contribution in [0.3, 0.4) is 0 Å². The molecule has 0 bridgehead atoms. The Balaban J connectivity index is 2.19. The molecule has 2 N–H and O–H groups in total. The molecule has 1 rings (SSSR count). The van der Waals surface area contributed by atoms with E-state index in [1.165, 1.54) is 25.7 Å². The Morgan fingerprint density at radius 3 is 2.00 bits per heavy atom. The first-order valence-electron chi connectivity index (χ1n) is 3.18. The summed E-state index contributed by atoms with van der Waals surface area (Å²) in [5, 5.41) is 0. The summed E-state index contributed by atoms with van der Waals surface area (Å²) >= 11 is 3.56. The SMILES string of the molecule is N[C@H]1CC[C@H](Br)CC1. The highest BCUT2D eigenvalue weighted by Crippen LogP contribution is 2.22. The Morgan fingerprint density at radius 2 is 1.62 bits per heavy atom. The van der Waals surface area contributed by atoms with Crippen molar-refractivity contribution < 1.29 is 0 Å². The third-order valence-electron chi connectivity index (χ3n) is 1.70. The van der Waals surface area contributed by atoms with Crippen molar-refractivity contribution in [3.05, 3.63) is 0 Å². The topological polar surface area (TPSA) is 26.0 Å². The van der Waals surface area contributed by atoms with Crippen molar-refractivity contribution in [2.45, 2.75) is 36.6 Å². The lowest BCUT2D eigenvalue weighted by molar-refractivity contribution is 0.455. The summed E-state index contributed by atoms with van der Waals surface area (Å²) < 4.78 is 0. The summed E-state index contributed by atoms with van der Waals surface area (Å²) in [5.74, 6) is 0. The molecule has 0 amide bonds. The van der Waals surface area contributed by atoms with Gasteiger partial charge in [0.2, 0.25) is 0 Å². The molecule has 0 aromatic heterocycles. The van der Waals surface area contributed by atoms with Gasteiger partial charge in [0.1, 0.15) is 0 Å². The zero-order chi connectivity index (χ0) is 5.98. The van der Waals surface area contributed by atoms with Crippen LogP contribution in [0.15, 0.2) is 0 Å². The van der Waals surface area contributed by atoms with Gasteiger partial charge >= 0.3 is 0 Å². The smallest absolute Gasteiger partial charge is 0.0147 e. The van der Waals surface area contributed by atoms with E-state index in [9.17, 15) is 0 Å². The van der Waals surface area contributed by atoms with E-state index < -0.39 is 0 Å². The Labute approximate surface area is 58.8 Å². The molecule has 0 heterocycles. The molecule has 0 unspecified atom stereocenters. The van der Waals surface area contributed by atoms with Crippen molar-refractivity contribution >= 4 is 15.9 Å². The largest absolute Gasteiger partial charge is 0.328 e. The van der Waals surface area contributed by atoms with E-state index in [1.807, 2.05) is 0 Å². The summed E-state index contributed by atoms with van der Waals surface area (Å²) in [5.41, 5.74) is 5.68. The van der Waals surface area contributed by atoms with Gasteiger partial charge in [-0.25, -0.2) is 0 Å². The van der Waals surface area contributed by atoms with Crippen molar-refractivity contribution in [3.8, 4) is 0 Å². The summed E-state index contributed by atoms with van der Waals surface area (Å²) in [4.78, 5) is 0.752. The quantitative estimate of drug-likeness (QED) is 0.560. The summed E-state index contributed by atoms with van der Waals surface area (Å²) in [6.07, 6.45) is 4.94. The van der Waals surface area contributed by atoms with E-state index in [2.05, 4.69) is 15.9 Å². The van der Waals surface area contributed by atoms with Crippen molar-refractivity contribution in [2.24, 2.45) is 5.73 Å². The van der Waals surface area contributed by atoms with Crippen LogP contribution in [0, 0.1) is 0 Å². The zero-order valence-corrected chi connectivity index (χ0v) is 6.52. The standard InChI is InChI=1S/C6H12BrN/c7-5-1-3-6(8)4-2-5/h5-6H,1-4,8H2/t5-,6-. The molecular formula is C6H12BrN. The van der Waals surface area contributed by atoms with Gasteiger partial charge < -0.3 is 5.73 Å². The average Bonchev–Trinajstić information content (AvgIpc) is 1.77. The Kier molecular flexibility index (Phi) is 2.32. The Morgan fingerprint density at radius 1 is 1.12 bits per heavy atom. The van der Waals surface area contributed by atoms with Gasteiger partial charge in [0.15, 0.2) is 0 Å². The number of rotatable bonds is 0. The van der Waals surface area contributed by atoms with Gasteiger partial charge in [-0.1, -0.05) is 15.9 Å². The molecule has 2 heteroatoms. The fraction of sp³-hybridized carbons (Fsp3) is 1.00. The van der Waals surface area contributed by atoms with Crippen LogP contribution in [0.5, 0.6) is 0 Å². The van der Waals surface area contributed by atoms with E-state index in [-0.39, 0.29) is 0 Å². The van der Waals surface area contributed by atoms with Gasteiger partial charge in [-0.3, -0.25) is 0 Å². The molecule has 1 aliphatic carbocycles. The van der Waals surface area contributed by atoms with Crippen molar-refractivity contribution in [2.75, 3.05) is 0 Å². The lowest BCUT2D eigenvalue weighted by Crippen LogP contribution is -2.26. The zero-order valence-electron chi connectivity index (χ0n) is 4.94. The highest BCUT2D eigenvalue weighted by molar-refractivity contribution is 9.09. The molecule has 1 aliphatic rings. The molecule has 0 aromatic carbocycles. The molecule has 1 fully saturated rings. The summed E-state index contributed by atoms with van der Waals surface area (Å²) in [7, 11) is 0. The first-order valence-corrected chi connectivity index (χ1v) is 4.10. The van der Waals surface area contributed by atoms with Gasteiger partial charge in [0, 0.05) is 10.9 Å². The van der Waals surface area contributed by atoms with E-state index in [4.69, 9.17) is 5.73 Å². The molecule has 1 nitrogen and oxygen atoms in total. The van der Waals surface area contributed by atoms with E-state index in [1.54, 1.807) is 0 Å². The molecule has 48 valence electrons. The fourth-order valence-electron chi connectivity index (χ4n) is 1.08. The first-order chi connectivity index (χ1) is 3.79. The van der Waals surface area contributed by atoms with Crippen molar-refractivity contribution in [1.82, 2.24) is 0 Å². The van der Waals surface area contributed by atoms with Crippen molar-refractivity contribution in [3.63, 3.8) is 0 Å². The third-order valence-corrected chi connectivity index (χ3v) is 2.62. The van der Waals surface area contributed by atoms with Gasteiger partial charge in [-0.15, -0.1) is 0 Å². The number of halogens is 1. The second-order valence-corrected chi connectivity index (χ2v) is 3.81. The minimum Gasteiger partial charge on any atom is -0.328 e. The van der Waals surface area contributed by atoms with E-state index in [0.29, 0.717) is 6.04 Å². The number of hydrogen-bond acceptors (Lipinski definition) is 1. The van der Waals surface area contributed by atoms with Crippen LogP contribution in [0.1, 0.15) is 25.7 Å². The Hall–Kier alpha value is 0.440. The molecule has 8 heavy (non-hydrogen) atoms. The Bertz CT molecular complexity index is 56.9. The maximum atomic E-state index is 5.68. The van der Waals surface area contributed by atoms with Gasteiger partial charge in [0.25, 0.3) is 0 Å². The normalized spacial score (nSPS) is 39.8. The van der Waals surface area contributed by atoms with Crippen LogP contribution in [0.25, 0.3) is 0 Å². The van der Waals surface area contributed by atoms with Crippen LogP contribution in [-0.2, 0) is 0 Å². The van der Waals surface area contributed by atoms with E-state index in [0.717, 1.165) is 4.83 Å². The lowest BCUT2D eigenvalue weighted by Gasteiger charge is -2.21. The average molecular weight is 178 g/mol. The predicted octanol–water partition coefficient (Wildman–Crippen LogP) is 1.65. The lowest BCUT2D eigenvalue weighted by atomic mass is 9.96. The van der Waals surface area contributed by atoms with Crippen LogP contribution in [0.4, 0.5) is 0 Å². The van der Waals surface area contributed by atoms with Crippen LogP contribution in [-0.4, -0.2) is 10.9 Å². The molecule has 0 saturated heterocycles. The minimum absolute atomic E-state index is 0.490. The monoisotopic (exact) mass is 177 g/mol. The van der Waals surface area contributed by atoms with Gasteiger partial charge in [-0.2, -0.15) is 0 Å². The molecule has 0 spiro atoms.